The average Bonchev–Trinajstić information content (AvgIpc) is 3.11. The number of hydrogen-bond donors (Lipinski definition) is 2. The average molecular weight is 409 g/mol. The molecule has 1 aliphatic rings. The third-order valence-corrected chi connectivity index (χ3v) is 4.56. The van der Waals surface area contributed by atoms with Gasteiger partial charge in [0.2, 0.25) is 0 Å². The molecule has 0 spiro atoms. The molecule has 2 heterocycles. The largest absolute Gasteiger partial charge is 0.356 e. The lowest BCUT2D eigenvalue weighted by atomic mass is 10.2. The molecular formula is C13H24IN5S. The van der Waals surface area contributed by atoms with Gasteiger partial charge in [0, 0.05) is 44.3 Å². The van der Waals surface area contributed by atoms with Crippen LogP contribution in [0.4, 0.5) is 0 Å². The predicted molar refractivity (Wildman–Crippen MR) is 97.1 cm³/mol. The second-order valence-electron chi connectivity index (χ2n) is 4.64. The zero-order chi connectivity index (χ0) is 13.3. The van der Waals surface area contributed by atoms with E-state index in [1.807, 2.05) is 30.2 Å². The number of guanidine groups is 1. The minimum absolute atomic E-state index is 0. The lowest BCUT2D eigenvalue weighted by Crippen LogP contribution is -2.40. The maximum atomic E-state index is 4.25. The van der Waals surface area contributed by atoms with E-state index in [1.165, 1.54) is 18.6 Å². The van der Waals surface area contributed by atoms with Crippen LogP contribution in [-0.4, -0.2) is 46.9 Å². The monoisotopic (exact) mass is 409 g/mol. The highest BCUT2D eigenvalue weighted by molar-refractivity contribution is 14.0. The van der Waals surface area contributed by atoms with Crippen LogP contribution in [0.2, 0.25) is 0 Å². The number of hydrogen-bond acceptors (Lipinski definition) is 3. The minimum Gasteiger partial charge on any atom is -0.356 e. The van der Waals surface area contributed by atoms with Crippen molar-refractivity contribution in [3.63, 3.8) is 0 Å². The van der Waals surface area contributed by atoms with Crippen molar-refractivity contribution < 1.29 is 0 Å². The van der Waals surface area contributed by atoms with E-state index >= 15 is 0 Å². The summed E-state index contributed by atoms with van der Waals surface area (Å²) in [4.78, 5) is 4.25. The molecule has 1 aliphatic heterocycles. The molecule has 2 rings (SSSR count). The molecule has 1 atom stereocenters. The van der Waals surface area contributed by atoms with Gasteiger partial charge in [-0.2, -0.15) is 16.9 Å². The molecule has 0 radical (unpaired) electrons. The van der Waals surface area contributed by atoms with Crippen molar-refractivity contribution >= 4 is 41.7 Å². The quantitative estimate of drug-likeness (QED) is 0.327. The third-order valence-electron chi connectivity index (χ3n) is 3.16. The van der Waals surface area contributed by atoms with E-state index in [0.717, 1.165) is 37.3 Å². The summed E-state index contributed by atoms with van der Waals surface area (Å²) in [5.41, 5.74) is 0. The van der Waals surface area contributed by atoms with Crippen LogP contribution in [0.3, 0.4) is 0 Å². The fraction of sp³-hybridized carbons (Fsp3) is 0.692. The second kappa shape index (κ2) is 10.3. The summed E-state index contributed by atoms with van der Waals surface area (Å²) in [6.45, 7) is 2.87. The summed E-state index contributed by atoms with van der Waals surface area (Å²) in [5.74, 6) is 2.22. The fourth-order valence-corrected chi connectivity index (χ4v) is 3.32. The molecule has 1 aromatic heterocycles. The van der Waals surface area contributed by atoms with Crippen molar-refractivity contribution in [1.29, 1.82) is 0 Å². The highest BCUT2D eigenvalue weighted by Crippen LogP contribution is 2.25. The van der Waals surface area contributed by atoms with Gasteiger partial charge in [-0.15, -0.1) is 24.0 Å². The Morgan fingerprint density at radius 1 is 1.50 bits per heavy atom. The first-order chi connectivity index (χ1) is 9.38. The van der Waals surface area contributed by atoms with Crippen molar-refractivity contribution in [2.24, 2.45) is 4.99 Å². The minimum atomic E-state index is 0. The molecule has 0 bridgehead atoms. The zero-order valence-electron chi connectivity index (χ0n) is 11.9. The van der Waals surface area contributed by atoms with Crippen molar-refractivity contribution in [1.82, 2.24) is 20.4 Å². The van der Waals surface area contributed by atoms with E-state index in [1.54, 1.807) is 0 Å². The van der Waals surface area contributed by atoms with Crippen LogP contribution < -0.4 is 10.6 Å². The smallest absolute Gasteiger partial charge is 0.191 e. The number of aryl methyl sites for hydroxylation is 1. The molecule has 1 fully saturated rings. The first kappa shape index (κ1) is 17.6. The fourth-order valence-electron chi connectivity index (χ4n) is 2.12. The zero-order valence-corrected chi connectivity index (χ0v) is 15.1. The van der Waals surface area contributed by atoms with Crippen LogP contribution in [-0.2, 0) is 6.54 Å². The van der Waals surface area contributed by atoms with Gasteiger partial charge >= 0.3 is 0 Å². The Bertz CT molecular complexity index is 376. The molecule has 0 saturated carbocycles. The number of halogens is 1. The van der Waals surface area contributed by atoms with Crippen molar-refractivity contribution in [2.75, 3.05) is 25.9 Å². The normalized spacial score (nSPS) is 18.6. The van der Waals surface area contributed by atoms with Crippen LogP contribution in [0.5, 0.6) is 0 Å². The van der Waals surface area contributed by atoms with Gasteiger partial charge in [-0.1, -0.05) is 0 Å². The standard InChI is InChI=1S/C13H23N5S.HI/c1-14-13(16-11-12-5-2-10-19-12)15-6-3-8-18-9-4-7-17-18;/h4,7,9,12H,2-3,5-6,8,10-11H2,1H3,(H2,14,15,16);1H. The van der Waals surface area contributed by atoms with E-state index in [-0.39, 0.29) is 24.0 Å². The summed E-state index contributed by atoms with van der Waals surface area (Å²) in [6, 6.07) is 1.95. The highest BCUT2D eigenvalue weighted by Gasteiger charge is 2.15. The van der Waals surface area contributed by atoms with Crippen LogP contribution in [0.25, 0.3) is 0 Å². The topological polar surface area (TPSA) is 54.2 Å². The van der Waals surface area contributed by atoms with Crippen molar-refractivity contribution in [3.05, 3.63) is 18.5 Å². The number of aromatic nitrogens is 2. The van der Waals surface area contributed by atoms with Gasteiger partial charge < -0.3 is 10.6 Å². The summed E-state index contributed by atoms with van der Waals surface area (Å²) in [5, 5.41) is 11.7. The summed E-state index contributed by atoms with van der Waals surface area (Å²) in [7, 11) is 1.82. The Hall–Kier alpha value is -0.440. The lowest BCUT2D eigenvalue weighted by Gasteiger charge is -2.14. The SMILES string of the molecule is CN=C(NCCCn1cccn1)NCC1CCCS1.I. The Morgan fingerprint density at radius 3 is 3.05 bits per heavy atom. The summed E-state index contributed by atoms with van der Waals surface area (Å²) in [6.07, 6.45) is 7.53. The summed E-state index contributed by atoms with van der Waals surface area (Å²) >= 11 is 2.06. The van der Waals surface area contributed by atoms with Crippen LogP contribution in [0.1, 0.15) is 19.3 Å². The van der Waals surface area contributed by atoms with Crippen LogP contribution in [0, 0.1) is 0 Å². The Labute approximate surface area is 142 Å². The molecule has 114 valence electrons. The van der Waals surface area contributed by atoms with E-state index in [2.05, 4.69) is 32.5 Å². The van der Waals surface area contributed by atoms with E-state index in [0.29, 0.717) is 0 Å². The lowest BCUT2D eigenvalue weighted by molar-refractivity contribution is 0.570. The number of aliphatic imine (C=N–C) groups is 1. The molecule has 1 unspecified atom stereocenters. The number of nitrogens with one attached hydrogen (secondary N) is 2. The van der Waals surface area contributed by atoms with Crippen LogP contribution >= 0.6 is 35.7 Å². The number of rotatable bonds is 6. The molecule has 1 saturated heterocycles. The van der Waals surface area contributed by atoms with E-state index in [4.69, 9.17) is 0 Å². The molecule has 0 aliphatic carbocycles. The molecule has 7 heteroatoms. The molecular weight excluding hydrogens is 385 g/mol. The van der Waals surface area contributed by atoms with Crippen molar-refractivity contribution in [2.45, 2.75) is 31.1 Å². The van der Waals surface area contributed by atoms with Gasteiger partial charge in [-0.3, -0.25) is 9.67 Å². The first-order valence-electron chi connectivity index (χ1n) is 6.92. The van der Waals surface area contributed by atoms with Gasteiger partial charge in [0.05, 0.1) is 0 Å². The number of nitrogens with zero attached hydrogens (tertiary/aromatic N) is 3. The van der Waals surface area contributed by atoms with E-state index < -0.39 is 0 Å². The van der Waals surface area contributed by atoms with E-state index in [9.17, 15) is 0 Å². The van der Waals surface area contributed by atoms with Gasteiger partial charge in [0.1, 0.15) is 0 Å². The first-order valence-corrected chi connectivity index (χ1v) is 7.97. The van der Waals surface area contributed by atoms with Gasteiger partial charge in [-0.05, 0) is 31.1 Å². The third kappa shape index (κ3) is 6.34. The molecule has 0 aromatic carbocycles. The van der Waals surface area contributed by atoms with Gasteiger partial charge in [0.25, 0.3) is 0 Å². The van der Waals surface area contributed by atoms with Gasteiger partial charge in [-0.25, -0.2) is 0 Å². The predicted octanol–water partition coefficient (Wildman–Crippen LogP) is 1.95. The molecule has 2 N–H and O–H groups in total. The number of thioether (sulfide) groups is 1. The maximum Gasteiger partial charge on any atom is 0.191 e. The molecule has 20 heavy (non-hydrogen) atoms. The molecule has 1 aromatic rings. The maximum absolute atomic E-state index is 4.25. The van der Waals surface area contributed by atoms with Crippen LogP contribution in [0.15, 0.2) is 23.5 Å². The Balaban J connectivity index is 0.00000200. The Morgan fingerprint density at radius 2 is 2.40 bits per heavy atom. The Kier molecular flexibility index (Phi) is 9.08. The highest BCUT2D eigenvalue weighted by atomic mass is 127. The summed E-state index contributed by atoms with van der Waals surface area (Å²) < 4.78 is 1.95. The molecule has 0 amide bonds. The molecule has 5 nitrogen and oxygen atoms in total. The van der Waals surface area contributed by atoms with Gasteiger partial charge in [0.15, 0.2) is 5.96 Å². The van der Waals surface area contributed by atoms with Crippen molar-refractivity contribution in [3.8, 4) is 0 Å². The second-order valence-corrected chi connectivity index (χ2v) is 6.05.